The van der Waals surface area contributed by atoms with Crippen LogP contribution in [0.2, 0.25) is 0 Å². The number of fused-ring (bicyclic) bond motifs is 1. The molecule has 0 N–H and O–H groups in total. The molecule has 29 heavy (non-hydrogen) atoms. The summed E-state index contributed by atoms with van der Waals surface area (Å²) < 4.78 is 15.1. The number of hydrogen-bond acceptors (Lipinski definition) is 3. The van der Waals surface area contributed by atoms with Crippen molar-refractivity contribution in [2.45, 2.75) is 45.7 Å². The van der Waals surface area contributed by atoms with E-state index in [0.29, 0.717) is 25.2 Å². The number of carbonyl (C=O) groups excluding carboxylic acids is 1. The second-order valence-electron chi connectivity index (χ2n) is 8.54. The lowest BCUT2D eigenvalue weighted by atomic mass is 9.86. The van der Waals surface area contributed by atoms with E-state index in [4.69, 9.17) is 0 Å². The summed E-state index contributed by atoms with van der Waals surface area (Å²) in [5, 5.41) is 0. The summed E-state index contributed by atoms with van der Waals surface area (Å²) in [5.74, 6) is -0.308. The SMILES string of the molecule is CC(C)(C)c1ccc(C(=O)N2CCc3c(ncn3Cc3ccc(F)cn3)C2)cc1. The number of nitrogens with zero attached hydrogens (tertiary/aromatic N) is 4. The Hall–Kier alpha value is -3.02. The zero-order chi connectivity index (χ0) is 20.6. The smallest absolute Gasteiger partial charge is 0.254 e. The van der Waals surface area contributed by atoms with Crippen molar-refractivity contribution in [2.75, 3.05) is 6.54 Å². The Bertz CT molecular complexity index is 1020. The Morgan fingerprint density at radius 3 is 2.52 bits per heavy atom. The molecular formula is C23H25FN4O. The van der Waals surface area contributed by atoms with E-state index in [2.05, 4.69) is 30.7 Å². The van der Waals surface area contributed by atoms with Gasteiger partial charge in [0.2, 0.25) is 0 Å². The number of pyridine rings is 1. The first-order valence-electron chi connectivity index (χ1n) is 9.84. The van der Waals surface area contributed by atoms with Crippen LogP contribution in [-0.2, 0) is 24.9 Å². The van der Waals surface area contributed by atoms with Gasteiger partial charge in [-0.15, -0.1) is 0 Å². The second kappa shape index (κ2) is 7.43. The van der Waals surface area contributed by atoms with Gasteiger partial charge in [-0.25, -0.2) is 9.37 Å². The van der Waals surface area contributed by atoms with Crippen LogP contribution in [0.25, 0.3) is 0 Å². The Kier molecular flexibility index (Phi) is 4.94. The van der Waals surface area contributed by atoms with Crippen LogP contribution in [0.5, 0.6) is 0 Å². The van der Waals surface area contributed by atoms with Crippen LogP contribution in [-0.4, -0.2) is 31.9 Å². The molecule has 5 nitrogen and oxygen atoms in total. The summed E-state index contributed by atoms with van der Waals surface area (Å²) in [6.07, 6.45) is 3.74. The highest BCUT2D eigenvalue weighted by Crippen LogP contribution is 2.24. The van der Waals surface area contributed by atoms with Gasteiger partial charge >= 0.3 is 0 Å². The number of carbonyl (C=O) groups is 1. The Morgan fingerprint density at radius 2 is 1.86 bits per heavy atom. The molecule has 0 saturated carbocycles. The van der Waals surface area contributed by atoms with Crippen molar-refractivity contribution in [1.29, 1.82) is 0 Å². The molecule has 0 radical (unpaired) electrons. The standard InChI is InChI=1S/C23H25FN4O/c1-23(2,3)17-6-4-16(5-7-17)22(29)27-11-10-21-20(14-27)26-15-28(21)13-19-9-8-18(24)12-25-19/h4-9,12,15H,10-11,13-14H2,1-3H3. The molecule has 0 spiro atoms. The predicted octanol–water partition coefficient (Wildman–Crippen LogP) is 3.96. The molecule has 1 aliphatic rings. The van der Waals surface area contributed by atoms with Crippen LogP contribution >= 0.6 is 0 Å². The minimum Gasteiger partial charge on any atom is -0.332 e. The quantitative estimate of drug-likeness (QED) is 0.678. The number of rotatable bonds is 3. The summed E-state index contributed by atoms with van der Waals surface area (Å²) in [5.41, 5.74) is 4.79. The van der Waals surface area contributed by atoms with Gasteiger partial charge in [0.15, 0.2) is 0 Å². The first-order chi connectivity index (χ1) is 13.8. The lowest BCUT2D eigenvalue weighted by Crippen LogP contribution is -2.36. The van der Waals surface area contributed by atoms with Gasteiger partial charge in [0.05, 0.1) is 37.0 Å². The molecule has 4 rings (SSSR count). The maximum absolute atomic E-state index is 13.1. The lowest BCUT2D eigenvalue weighted by molar-refractivity contribution is 0.0731. The van der Waals surface area contributed by atoms with Crippen molar-refractivity contribution in [2.24, 2.45) is 0 Å². The Morgan fingerprint density at radius 1 is 1.10 bits per heavy atom. The molecule has 3 heterocycles. The second-order valence-corrected chi connectivity index (χ2v) is 8.54. The third-order valence-electron chi connectivity index (χ3n) is 5.40. The Balaban J connectivity index is 1.47. The Labute approximate surface area is 170 Å². The maximum atomic E-state index is 13.1. The van der Waals surface area contributed by atoms with Crippen LogP contribution in [0, 0.1) is 5.82 Å². The molecule has 1 aliphatic heterocycles. The van der Waals surface area contributed by atoms with Crippen LogP contribution < -0.4 is 0 Å². The van der Waals surface area contributed by atoms with Gasteiger partial charge in [-0.2, -0.15) is 0 Å². The highest BCUT2D eigenvalue weighted by atomic mass is 19.1. The fraction of sp³-hybridized carbons (Fsp3) is 0.348. The van der Waals surface area contributed by atoms with Gasteiger partial charge in [-0.1, -0.05) is 32.9 Å². The van der Waals surface area contributed by atoms with E-state index in [0.717, 1.165) is 23.5 Å². The third kappa shape index (κ3) is 4.06. The number of hydrogen-bond donors (Lipinski definition) is 0. The highest BCUT2D eigenvalue weighted by Gasteiger charge is 2.25. The highest BCUT2D eigenvalue weighted by molar-refractivity contribution is 5.94. The molecule has 0 unspecified atom stereocenters. The van der Waals surface area contributed by atoms with E-state index in [1.807, 2.05) is 33.7 Å². The van der Waals surface area contributed by atoms with E-state index in [-0.39, 0.29) is 17.1 Å². The van der Waals surface area contributed by atoms with Crippen LogP contribution in [0.1, 0.15) is 53.8 Å². The van der Waals surface area contributed by atoms with Crippen LogP contribution in [0.4, 0.5) is 4.39 Å². The summed E-state index contributed by atoms with van der Waals surface area (Å²) in [6, 6.07) is 11.0. The molecule has 0 saturated heterocycles. The summed E-state index contributed by atoms with van der Waals surface area (Å²) in [6.45, 7) is 8.18. The van der Waals surface area contributed by atoms with Crippen molar-refractivity contribution in [1.82, 2.24) is 19.4 Å². The van der Waals surface area contributed by atoms with Crippen molar-refractivity contribution >= 4 is 5.91 Å². The number of aromatic nitrogens is 3. The van der Waals surface area contributed by atoms with E-state index in [1.54, 1.807) is 12.4 Å². The molecule has 3 aromatic rings. The monoisotopic (exact) mass is 392 g/mol. The normalized spacial score (nSPS) is 14.0. The number of halogens is 1. The average Bonchev–Trinajstić information content (AvgIpc) is 3.10. The van der Waals surface area contributed by atoms with Crippen molar-refractivity contribution in [3.8, 4) is 0 Å². The molecule has 0 fully saturated rings. The summed E-state index contributed by atoms with van der Waals surface area (Å²) >= 11 is 0. The van der Waals surface area contributed by atoms with Gasteiger partial charge in [0.1, 0.15) is 5.82 Å². The van der Waals surface area contributed by atoms with Gasteiger partial charge < -0.3 is 9.47 Å². The van der Waals surface area contributed by atoms with Crippen molar-refractivity contribution in [3.05, 3.63) is 82.9 Å². The minimum absolute atomic E-state index is 0.0332. The van der Waals surface area contributed by atoms with Gasteiger partial charge in [0.25, 0.3) is 5.91 Å². The first kappa shape index (κ1) is 19.3. The van der Waals surface area contributed by atoms with Gasteiger partial charge in [-0.3, -0.25) is 9.78 Å². The fourth-order valence-electron chi connectivity index (χ4n) is 3.65. The lowest BCUT2D eigenvalue weighted by Gasteiger charge is -2.27. The number of imidazole rings is 1. The van der Waals surface area contributed by atoms with Crippen molar-refractivity contribution < 1.29 is 9.18 Å². The largest absolute Gasteiger partial charge is 0.332 e. The summed E-state index contributed by atoms with van der Waals surface area (Å²) in [7, 11) is 0. The molecule has 1 amide bonds. The molecule has 0 bridgehead atoms. The van der Waals surface area contributed by atoms with E-state index in [9.17, 15) is 9.18 Å². The molecular weight excluding hydrogens is 367 g/mol. The number of amides is 1. The van der Waals surface area contributed by atoms with Crippen LogP contribution in [0.15, 0.2) is 48.9 Å². The van der Waals surface area contributed by atoms with E-state index >= 15 is 0 Å². The molecule has 0 atom stereocenters. The zero-order valence-electron chi connectivity index (χ0n) is 17.0. The zero-order valence-corrected chi connectivity index (χ0v) is 17.0. The molecule has 0 aliphatic carbocycles. The fourth-order valence-corrected chi connectivity index (χ4v) is 3.65. The molecule has 150 valence electrons. The van der Waals surface area contributed by atoms with Crippen LogP contribution in [0.3, 0.4) is 0 Å². The van der Waals surface area contributed by atoms with E-state index in [1.165, 1.54) is 17.8 Å². The average molecular weight is 392 g/mol. The molecule has 1 aromatic carbocycles. The number of benzene rings is 1. The maximum Gasteiger partial charge on any atom is 0.254 e. The van der Waals surface area contributed by atoms with Gasteiger partial charge in [0, 0.05) is 24.2 Å². The minimum atomic E-state index is -0.342. The van der Waals surface area contributed by atoms with E-state index < -0.39 is 0 Å². The molecule has 2 aromatic heterocycles. The third-order valence-corrected chi connectivity index (χ3v) is 5.40. The molecule has 6 heteroatoms. The first-order valence-corrected chi connectivity index (χ1v) is 9.84. The predicted molar refractivity (Wildman–Crippen MR) is 109 cm³/mol. The van der Waals surface area contributed by atoms with Crippen molar-refractivity contribution in [3.63, 3.8) is 0 Å². The van der Waals surface area contributed by atoms with Gasteiger partial charge in [-0.05, 0) is 35.2 Å². The topological polar surface area (TPSA) is 51.0 Å². The summed E-state index contributed by atoms with van der Waals surface area (Å²) in [4.78, 5) is 23.4.